The highest BCUT2D eigenvalue weighted by molar-refractivity contribution is 5.85. The summed E-state index contributed by atoms with van der Waals surface area (Å²) in [7, 11) is 0. The van der Waals surface area contributed by atoms with E-state index < -0.39 is 6.09 Å². The molecule has 128 valence electrons. The van der Waals surface area contributed by atoms with E-state index in [9.17, 15) is 9.90 Å². The summed E-state index contributed by atoms with van der Waals surface area (Å²) in [6.45, 7) is 0.341. The molecule has 2 N–H and O–H groups in total. The Balaban J connectivity index is 1.61. The van der Waals surface area contributed by atoms with Crippen molar-refractivity contribution < 1.29 is 9.90 Å². The SMILES string of the molecule is O=C(O)N(Cc1ccccc1)c1ccc(CCCc2ncc[nH]2)cc1. The van der Waals surface area contributed by atoms with Crippen LogP contribution in [0.4, 0.5) is 10.5 Å². The quantitative estimate of drug-likeness (QED) is 0.677. The molecule has 0 aliphatic heterocycles. The van der Waals surface area contributed by atoms with Gasteiger partial charge in [-0.05, 0) is 36.1 Å². The first-order chi connectivity index (χ1) is 12.2. The van der Waals surface area contributed by atoms with Crippen molar-refractivity contribution in [3.8, 4) is 0 Å². The van der Waals surface area contributed by atoms with Crippen LogP contribution in [0.15, 0.2) is 67.0 Å². The van der Waals surface area contributed by atoms with Crippen LogP contribution in [0.25, 0.3) is 0 Å². The maximum atomic E-state index is 11.6. The van der Waals surface area contributed by atoms with Gasteiger partial charge in [0.2, 0.25) is 0 Å². The number of hydrogen-bond acceptors (Lipinski definition) is 2. The molecule has 1 amide bonds. The number of amides is 1. The van der Waals surface area contributed by atoms with E-state index in [0.29, 0.717) is 12.2 Å². The van der Waals surface area contributed by atoms with Gasteiger partial charge in [-0.25, -0.2) is 9.78 Å². The second-order valence-electron chi connectivity index (χ2n) is 5.91. The summed E-state index contributed by atoms with van der Waals surface area (Å²) in [5, 5.41) is 9.52. The van der Waals surface area contributed by atoms with E-state index in [0.717, 1.165) is 30.7 Å². The number of aromatic amines is 1. The Labute approximate surface area is 147 Å². The van der Waals surface area contributed by atoms with Crippen LogP contribution in [0.2, 0.25) is 0 Å². The zero-order valence-electron chi connectivity index (χ0n) is 13.9. The average Bonchev–Trinajstić information content (AvgIpc) is 3.15. The first-order valence-electron chi connectivity index (χ1n) is 8.34. The maximum absolute atomic E-state index is 11.6. The van der Waals surface area contributed by atoms with Gasteiger partial charge in [-0.15, -0.1) is 0 Å². The molecule has 3 rings (SSSR count). The monoisotopic (exact) mass is 335 g/mol. The van der Waals surface area contributed by atoms with Gasteiger partial charge in [0.1, 0.15) is 5.82 Å². The topological polar surface area (TPSA) is 69.2 Å². The van der Waals surface area contributed by atoms with Crippen LogP contribution >= 0.6 is 0 Å². The molecular weight excluding hydrogens is 314 g/mol. The molecule has 0 saturated carbocycles. The zero-order chi connectivity index (χ0) is 17.5. The van der Waals surface area contributed by atoms with Crippen LogP contribution in [0, 0.1) is 0 Å². The molecule has 5 heteroatoms. The Bertz CT molecular complexity index is 784. The molecule has 0 saturated heterocycles. The van der Waals surface area contributed by atoms with Gasteiger partial charge in [0.25, 0.3) is 0 Å². The van der Waals surface area contributed by atoms with Crippen LogP contribution < -0.4 is 4.90 Å². The molecule has 5 nitrogen and oxygen atoms in total. The number of rotatable bonds is 7. The molecule has 1 aromatic heterocycles. The fourth-order valence-corrected chi connectivity index (χ4v) is 2.77. The van der Waals surface area contributed by atoms with Crippen LogP contribution in [0.3, 0.4) is 0 Å². The summed E-state index contributed by atoms with van der Waals surface area (Å²) in [6.07, 6.45) is 5.49. The molecule has 0 unspecified atom stereocenters. The lowest BCUT2D eigenvalue weighted by atomic mass is 10.1. The molecular formula is C20H21N3O2. The Morgan fingerprint density at radius 2 is 1.76 bits per heavy atom. The minimum Gasteiger partial charge on any atom is -0.465 e. The highest BCUT2D eigenvalue weighted by Crippen LogP contribution is 2.19. The van der Waals surface area contributed by atoms with E-state index in [-0.39, 0.29) is 0 Å². The summed E-state index contributed by atoms with van der Waals surface area (Å²) in [4.78, 5) is 20.3. The lowest BCUT2D eigenvalue weighted by Crippen LogP contribution is -2.28. The molecule has 25 heavy (non-hydrogen) atoms. The van der Waals surface area contributed by atoms with Crippen molar-refractivity contribution >= 4 is 11.8 Å². The number of aryl methyl sites for hydroxylation is 2. The van der Waals surface area contributed by atoms with Gasteiger partial charge >= 0.3 is 6.09 Å². The van der Waals surface area contributed by atoms with E-state index in [1.165, 1.54) is 10.5 Å². The predicted octanol–water partition coefficient (Wildman–Crippen LogP) is 4.27. The van der Waals surface area contributed by atoms with E-state index in [1.807, 2.05) is 60.8 Å². The number of imidazole rings is 1. The average molecular weight is 335 g/mol. The summed E-state index contributed by atoms with van der Waals surface area (Å²) < 4.78 is 0. The third-order valence-corrected chi connectivity index (χ3v) is 4.10. The highest BCUT2D eigenvalue weighted by Gasteiger charge is 2.14. The Hall–Kier alpha value is -3.08. The summed E-state index contributed by atoms with van der Waals surface area (Å²) in [6, 6.07) is 17.4. The molecule has 0 aliphatic carbocycles. The number of carbonyl (C=O) groups is 1. The Kier molecular flexibility index (Phi) is 5.46. The van der Waals surface area contributed by atoms with Crippen molar-refractivity contribution in [3.63, 3.8) is 0 Å². The van der Waals surface area contributed by atoms with E-state index >= 15 is 0 Å². The van der Waals surface area contributed by atoms with Crippen molar-refractivity contribution in [3.05, 3.63) is 83.9 Å². The van der Waals surface area contributed by atoms with Crippen molar-refractivity contribution in [1.82, 2.24) is 9.97 Å². The van der Waals surface area contributed by atoms with Gasteiger partial charge < -0.3 is 10.1 Å². The summed E-state index contributed by atoms with van der Waals surface area (Å²) in [5.74, 6) is 0.997. The van der Waals surface area contributed by atoms with Crippen molar-refractivity contribution in [2.75, 3.05) is 4.90 Å². The second kappa shape index (κ2) is 8.15. The molecule has 1 heterocycles. The van der Waals surface area contributed by atoms with Crippen LogP contribution in [-0.4, -0.2) is 21.2 Å². The number of hydrogen-bond donors (Lipinski definition) is 2. The van der Waals surface area contributed by atoms with Crippen LogP contribution in [0.1, 0.15) is 23.4 Å². The van der Waals surface area contributed by atoms with Gasteiger partial charge in [-0.3, -0.25) is 4.90 Å². The predicted molar refractivity (Wildman–Crippen MR) is 97.7 cm³/mol. The molecule has 0 atom stereocenters. The Morgan fingerprint density at radius 1 is 1.00 bits per heavy atom. The van der Waals surface area contributed by atoms with Gasteiger partial charge in [-0.2, -0.15) is 0 Å². The smallest absolute Gasteiger partial charge is 0.412 e. The van der Waals surface area contributed by atoms with Gasteiger partial charge in [0, 0.05) is 24.5 Å². The maximum Gasteiger partial charge on any atom is 0.412 e. The first kappa shape index (κ1) is 16.8. The lowest BCUT2D eigenvalue weighted by Gasteiger charge is -2.19. The molecule has 0 radical (unpaired) electrons. The van der Waals surface area contributed by atoms with Gasteiger partial charge in [0.05, 0.1) is 6.54 Å². The van der Waals surface area contributed by atoms with Gasteiger partial charge in [-0.1, -0.05) is 42.5 Å². The van der Waals surface area contributed by atoms with E-state index in [2.05, 4.69) is 9.97 Å². The third-order valence-electron chi connectivity index (χ3n) is 4.10. The van der Waals surface area contributed by atoms with E-state index in [1.54, 1.807) is 6.20 Å². The number of anilines is 1. The number of carboxylic acid groups (broad SMARTS) is 1. The number of nitrogens with one attached hydrogen (secondary N) is 1. The fraction of sp³-hybridized carbons (Fsp3) is 0.200. The number of aromatic nitrogens is 2. The Morgan fingerprint density at radius 3 is 2.40 bits per heavy atom. The minimum absolute atomic E-state index is 0.341. The molecule has 0 fully saturated rings. The molecule has 0 spiro atoms. The van der Waals surface area contributed by atoms with Crippen LogP contribution in [0.5, 0.6) is 0 Å². The van der Waals surface area contributed by atoms with Crippen molar-refractivity contribution in [2.45, 2.75) is 25.8 Å². The summed E-state index contributed by atoms with van der Waals surface area (Å²) in [5.41, 5.74) is 2.85. The second-order valence-corrected chi connectivity index (χ2v) is 5.91. The summed E-state index contributed by atoms with van der Waals surface area (Å²) >= 11 is 0. The number of H-pyrrole nitrogens is 1. The van der Waals surface area contributed by atoms with Crippen molar-refractivity contribution in [1.29, 1.82) is 0 Å². The molecule has 0 bridgehead atoms. The normalized spacial score (nSPS) is 10.6. The fourth-order valence-electron chi connectivity index (χ4n) is 2.77. The van der Waals surface area contributed by atoms with E-state index in [4.69, 9.17) is 0 Å². The highest BCUT2D eigenvalue weighted by atomic mass is 16.4. The molecule has 3 aromatic rings. The molecule has 2 aromatic carbocycles. The minimum atomic E-state index is -0.950. The van der Waals surface area contributed by atoms with Crippen LogP contribution in [-0.2, 0) is 19.4 Å². The number of benzene rings is 2. The first-order valence-corrected chi connectivity index (χ1v) is 8.34. The lowest BCUT2D eigenvalue weighted by molar-refractivity contribution is 0.201. The standard InChI is InChI=1S/C20H21N3O2/c24-20(25)23(15-17-5-2-1-3-6-17)18-11-9-16(10-12-18)7-4-8-19-21-13-14-22-19/h1-3,5-6,9-14H,4,7-8,15H2,(H,21,22)(H,24,25). The van der Waals surface area contributed by atoms with Gasteiger partial charge in [0.15, 0.2) is 0 Å². The largest absolute Gasteiger partial charge is 0.465 e. The zero-order valence-corrected chi connectivity index (χ0v) is 13.9. The van der Waals surface area contributed by atoms with Crippen molar-refractivity contribution in [2.24, 2.45) is 0 Å². The molecule has 0 aliphatic rings. The number of nitrogens with zero attached hydrogens (tertiary/aromatic N) is 2. The third kappa shape index (κ3) is 4.70.